The van der Waals surface area contributed by atoms with E-state index in [0.29, 0.717) is 12.8 Å². The Morgan fingerprint density at radius 1 is 1.44 bits per heavy atom. The lowest BCUT2D eigenvalue weighted by atomic mass is 9.76. The van der Waals surface area contributed by atoms with Gasteiger partial charge >= 0.3 is 0 Å². The summed E-state index contributed by atoms with van der Waals surface area (Å²) in [5.74, 6) is 0.342. The predicted molar refractivity (Wildman–Crippen MR) is 73.1 cm³/mol. The Labute approximate surface area is 110 Å². The third kappa shape index (κ3) is 3.94. The van der Waals surface area contributed by atoms with E-state index in [2.05, 4.69) is 13.5 Å². The van der Waals surface area contributed by atoms with Crippen LogP contribution in [0.2, 0.25) is 0 Å². The van der Waals surface area contributed by atoms with E-state index in [1.54, 1.807) is 6.08 Å². The fraction of sp³-hybridized carbons (Fsp3) is 0.733. The van der Waals surface area contributed by atoms with Gasteiger partial charge in [0.25, 0.3) is 0 Å². The van der Waals surface area contributed by atoms with Crippen LogP contribution in [0.15, 0.2) is 23.8 Å². The molecule has 1 rings (SSSR count). The van der Waals surface area contributed by atoms with Gasteiger partial charge in [0, 0.05) is 0 Å². The molecule has 0 saturated heterocycles. The fourth-order valence-electron chi connectivity index (χ4n) is 2.54. The molecular formula is C15H26O3. The SMILES string of the molecule is C=C(C)[C@@H](O)CC[C@@H](C)C1C[C@H](O)C(C)=C[C@@H]1O. The fourth-order valence-corrected chi connectivity index (χ4v) is 2.54. The Morgan fingerprint density at radius 2 is 2.06 bits per heavy atom. The summed E-state index contributed by atoms with van der Waals surface area (Å²) in [6.45, 7) is 9.47. The van der Waals surface area contributed by atoms with E-state index in [1.165, 1.54) is 0 Å². The summed E-state index contributed by atoms with van der Waals surface area (Å²) < 4.78 is 0. The van der Waals surface area contributed by atoms with Crippen LogP contribution in [0.25, 0.3) is 0 Å². The van der Waals surface area contributed by atoms with Crippen molar-refractivity contribution < 1.29 is 15.3 Å². The Kier molecular flexibility index (Phi) is 5.57. The van der Waals surface area contributed by atoms with E-state index < -0.39 is 18.3 Å². The van der Waals surface area contributed by atoms with Crippen molar-refractivity contribution in [2.45, 2.75) is 58.3 Å². The lowest BCUT2D eigenvalue weighted by molar-refractivity contribution is 0.0502. The first-order valence-electron chi connectivity index (χ1n) is 6.70. The maximum absolute atomic E-state index is 10.0. The van der Waals surface area contributed by atoms with Crippen molar-refractivity contribution in [1.29, 1.82) is 0 Å². The highest BCUT2D eigenvalue weighted by molar-refractivity contribution is 5.13. The maximum Gasteiger partial charge on any atom is 0.0756 e. The lowest BCUT2D eigenvalue weighted by Gasteiger charge is -2.34. The third-order valence-corrected chi connectivity index (χ3v) is 4.09. The molecule has 1 unspecified atom stereocenters. The number of rotatable bonds is 5. The first-order chi connectivity index (χ1) is 8.32. The topological polar surface area (TPSA) is 60.7 Å². The molecule has 5 atom stereocenters. The van der Waals surface area contributed by atoms with Crippen LogP contribution in [0.4, 0.5) is 0 Å². The van der Waals surface area contributed by atoms with Crippen LogP contribution < -0.4 is 0 Å². The molecule has 0 bridgehead atoms. The summed E-state index contributed by atoms with van der Waals surface area (Å²) in [5.41, 5.74) is 1.63. The van der Waals surface area contributed by atoms with Gasteiger partial charge in [-0.05, 0) is 50.5 Å². The van der Waals surface area contributed by atoms with Gasteiger partial charge in [-0.2, -0.15) is 0 Å². The van der Waals surface area contributed by atoms with E-state index >= 15 is 0 Å². The van der Waals surface area contributed by atoms with Gasteiger partial charge in [0.15, 0.2) is 0 Å². The Hall–Kier alpha value is -0.640. The molecule has 0 aromatic carbocycles. The van der Waals surface area contributed by atoms with Crippen molar-refractivity contribution in [1.82, 2.24) is 0 Å². The summed E-state index contributed by atoms with van der Waals surface area (Å²) in [4.78, 5) is 0. The highest BCUT2D eigenvalue weighted by Gasteiger charge is 2.31. The largest absolute Gasteiger partial charge is 0.389 e. The molecule has 1 aliphatic rings. The minimum absolute atomic E-state index is 0.0704. The summed E-state index contributed by atoms with van der Waals surface area (Å²) >= 11 is 0. The molecule has 0 heterocycles. The Bertz CT molecular complexity index is 322. The average molecular weight is 254 g/mol. The van der Waals surface area contributed by atoms with Gasteiger partial charge in [0.05, 0.1) is 18.3 Å². The van der Waals surface area contributed by atoms with Crippen LogP contribution >= 0.6 is 0 Å². The molecule has 104 valence electrons. The van der Waals surface area contributed by atoms with E-state index in [1.807, 2.05) is 13.8 Å². The van der Waals surface area contributed by atoms with Crippen molar-refractivity contribution in [3.05, 3.63) is 23.8 Å². The molecular weight excluding hydrogens is 228 g/mol. The molecule has 0 amide bonds. The maximum atomic E-state index is 10.0. The van der Waals surface area contributed by atoms with Gasteiger partial charge in [-0.1, -0.05) is 25.2 Å². The molecule has 0 saturated carbocycles. The van der Waals surface area contributed by atoms with E-state index in [-0.39, 0.29) is 11.8 Å². The molecule has 0 radical (unpaired) electrons. The van der Waals surface area contributed by atoms with Crippen LogP contribution in [0, 0.1) is 11.8 Å². The van der Waals surface area contributed by atoms with Gasteiger partial charge < -0.3 is 15.3 Å². The zero-order chi connectivity index (χ0) is 13.9. The predicted octanol–water partition coefficient (Wildman–Crippen LogP) is 2.03. The van der Waals surface area contributed by atoms with Gasteiger partial charge in [-0.15, -0.1) is 0 Å². The number of hydrogen-bond donors (Lipinski definition) is 3. The number of hydrogen-bond acceptors (Lipinski definition) is 3. The average Bonchev–Trinajstić information content (AvgIpc) is 2.30. The summed E-state index contributed by atoms with van der Waals surface area (Å²) in [5, 5.41) is 29.6. The Morgan fingerprint density at radius 3 is 2.61 bits per heavy atom. The van der Waals surface area contributed by atoms with Crippen LogP contribution in [0.5, 0.6) is 0 Å². The quantitative estimate of drug-likeness (QED) is 0.658. The highest BCUT2D eigenvalue weighted by Crippen LogP contribution is 2.32. The molecule has 3 heteroatoms. The zero-order valence-electron chi connectivity index (χ0n) is 11.6. The molecule has 3 N–H and O–H groups in total. The monoisotopic (exact) mass is 254 g/mol. The summed E-state index contributed by atoms with van der Waals surface area (Å²) in [7, 11) is 0. The molecule has 0 aliphatic heterocycles. The standard InChI is InChI=1S/C15H26O3/c1-9(2)13(16)6-5-10(3)12-8-14(17)11(4)7-15(12)18/h7,10,12-18H,1,5-6,8H2,2-4H3/t10-,12?,13+,14+,15+/m1/s1. The van der Waals surface area contributed by atoms with Gasteiger partial charge in [-0.25, -0.2) is 0 Å². The third-order valence-electron chi connectivity index (χ3n) is 4.09. The normalized spacial score (nSPS) is 31.7. The molecule has 3 nitrogen and oxygen atoms in total. The Balaban J connectivity index is 2.52. The number of aliphatic hydroxyl groups excluding tert-OH is 3. The van der Waals surface area contributed by atoms with Crippen LogP contribution in [-0.4, -0.2) is 33.6 Å². The second-order valence-electron chi connectivity index (χ2n) is 5.73. The molecule has 0 aromatic rings. The van der Waals surface area contributed by atoms with Crippen molar-refractivity contribution in [2.75, 3.05) is 0 Å². The van der Waals surface area contributed by atoms with Crippen LogP contribution in [-0.2, 0) is 0 Å². The minimum Gasteiger partial charge on any atom is -0.389 e. The summed E-state index contributed by atoms with van der Waals surface area (Å²) in [6, 6.07) is 0. The van der Waals surface area contributed by atoms with E-state index in [0.717, 1.165) is 17.6 Å². The smallest absolute Gasteiger partial charge is 0.0756 e. The minimum atomic E-state index is -0.481. The molecule has 0 aromatic heterocycles. The molecule has 0 spiro atoms. The van der Waals surface area contributed by atoms with Crippen molar-refractivity contribution >= 4 is 0 Å². The van der Waals surface area contributed by atoms with Crippen molar-refractivity contribution in [2.24, 2.45) is 11.8 Å². The van der Waals surface area contributed by atoms with E-state index in [9.17, 15) is 15.3 Å². The van der Waals surface area contributed by atoms with Gasteiger partial charge in [0.1, 0.15) is 0 Å². The molecule has 0 fully saturated rings. The van der Waals surface area contributed by atoms with Crippen LogP contribution in [0.1, 0.15) is 40.0 Å². The molecule has 18 heavy (non-hydrogen) atoms. The van der Waals surface area contributed by atoms with Crippen molar-refractivity contribution in [3.63, 3.8) is 0 Å². The van der Waals surface area contributed by atoms with Gasteiger partial charge in [0.2, 0.25) is 0 Å². The van der Waals surface area contributed by atoms with Crippen molar-refractivity contribution in [3.8, 4) is 0 Å². The first kappa shape index (κ1) is 15.4. The van der Waals surface area contributed by atoms with Crippen LogP contribution in [0.3, 0.4) is 0 Å². The number of aliphatic hydroxyl groups is 3. The second kappa shape index (κ2) is 6.50. The zero-order valence-corrected chi connectivity index (χ0v) is 11.6. The van der Waals surface area contributed by atoms with Gasteiger partial charge in [-0.3, -0.25) is 0 Å². The second-order valence-corrected chi connectivity index (χ2v) is 5.73. The first-order valence-corrected chi connectivity index (χ1v) is 6.70. The summed E-state index contributed by atoms with van der Waals surface area (Å²) in [6.07, 6.45) is 2.47. The lowest BCUT2D eigenvalue weighted by Crippen LogP contribution is -2.34. The van der Waals surface area contributed by atoms with E-state index in [4.69, 9.17) is 0 Å². The highest BCUT2D eigenvalue weighted by atomic mass is 16.3. The molecule has 1 aliphatic carbocycles.